The molecule has 0 radical (unpaired) electrons. The van der Waals surface area contributed by atoms with Crippen LogP contribution in [0, 0.1) is 0 Å². The van der Waals surface area contributed by atoms with Gasteiger partial charge in [0, 0.05) is 23.9 Å². The van der Waals surface area contributed by atoms with Crippen molar-refractivity contribution < 1.29 is 14.3 Å². The Hall–Kier alpha value is -2.83. The molecular weight excluding hydrogens is 296 g/mol. The van der Waals surface area contributed by atoms with Crippen molar-refractivity contribution >= 4 is 17.4 Å². The molecule has 1 amide bonds. The second-order valence-corrected chi connectivity index (χ2v) is 5.11. The lowest BCUT2D eigenvalue weighted by Crippen LogP contribution is -2.16. The van der Waals surface area contributed by atoms with E-state index in [0.717, 1.165) is 0 Å². The van der Waals surface area contributed by atoms with Gasteiger partial charge in [-0.1, -0.05) is 0 Å². The molecule has 7 heteroatoms. The number of rotatable bonds is 6. The Morgan fingerprint density at radius 2 is 1.83 bits per heavy atom. The van der Waals surface area contributed by atoms with Crippen molar-refractivity contribution in [3.63, 3.8) is 0 Å². The summed E-state index contributed by atoms with van der Waals surface area (Å²) in [5, 5.41) is 5.90. The maximum Gasteiger partial charge on any atom is 0.274 e. The molecule has 2 aromatic rings. The molecule has 0 aliphatic heterocycles. The minimum Gasteiger partial charge on any atom is -0.493 e. The Balaban J connectivity index is 2.15. The van der Waals surface area contributed by atoms with Gasteiger partial charge in [0.15, 0.2) is 11.5 Å². The van der Waals surface area contributed by atoms with Gasteiger partial charge in [-0.15, -0.1) is 0 Å². The smallest absolute Gasteiger partial charge is 0.274 e. The first-order valence-electron chi connectivity index (χ1n) is 7.15. The first-order valence-corrected chi connectivity index (χ1v) is 7.15. The second kappa shape index (κ2) is 7.44. The van der Waals surface area contributed by atoms with Gasteiger partial charge in [-0.25, -0.2) is 9.97 Å². The SMILES string of the molecule is COc1ccc(NC(=O)c2cc(NC(C)C)ncn2)cc1OC. The summed E-state index contributed by atoms with van der Waals surface area (Å²) in [4.78, 5) is 20.4. The van der Waals surface area contributed by atoms with Crippen molar-refractivity contribution in [1.82, 2.24) is 9.97 Å². The van der Waals surface area contributed by atoms with Crippen molar-refractivity contribution in [2.45, 2.75) is 19.9 Å². The summed E-state index contributed by atoms with van der Waals surface area (Å²) in [6, 6.07) is 6.96. The average molecular weight is 316 g/mol. The zero-order chi connectivity index (χ0) is 16.8. The van der Waals surface area contributed by atoms with Gasteiger partial charge in [0.05, 0.1) is 14.2 Å². The zero-order valence-corrected chi connectivity index (χ0v) is 13.6. The number of hydrogen-bond donors (Lipinski definition) is 2. The molecule has 1 heterocycles. The maximum absolute atomic E-state index is 12.3. The highest BCUT2D eigenvalue weighted by molar-refractivity contribution is 6.03. The zero-order valence-electron chi connectivity index (χ0n) is 13.6. The van der Waals surface area contributed by atoms with E-state index in [2.05, 4.69) is 20.6 Å². The molecule has 1 aromatic carbocycles. The minimum absolute atomic E-state index is 0.215. The van der Waals surface area contributed by atoms with Gasteiger partial charge in [0.1, 0.15) is 17.8 Å². The van der Waals surface area contributed by atoms with Crippen LogP contribution in [0.3, 0.4) is 0 Å². The molecule has 0 saturated carbocycles. The summed E-state index contributed by atoms with van der Waals surface area (Å²) in [6.07, 6.45) is 1.36. The largest absolute Gasteiger partial charge is 0.493 e. The molecule has 0 saturated heterocycles. The Labute approximate surface area is 135 Å². The van der Waals surface area contributed by atoms with Crippen molar-refractivity contribution in [3.8, 4) is 11.5 Å². The third-order valence-electron chi connectivity index (χ3n) is 2.98. The summed E-state index contributed by atoms with van der Waals surface area (Å²) >= 11 is 0. The molecule has 0 spiro atoms. The number of carbonyl (C=O) groups excluding carboxylic acids is 1. The minimum atomic E-state index is -0.327. The predicted molar refractivity (Wildman–Crippen MR) is 88.3 cm³/mol. The number of aromatic nitrogens is 2. The summed E-state index contributed by atoms with van der Waals surface area (Å²) in [5.41, 5.74) is 0.863. The number of nitrogens with one attached hydrogen (secondary N) is 2. The molecule has 0 unspecified atom stereocenters. The fourth-order valence-corrected chi connectivity index (χ4v) is 1.97. The quantitative estimate of drug-likeness (QED) is 0.852. The number of amides is 1. The molecule has 7 nitrogen and oxygen atoms in total. The third-order valence-corrected chi connectivity index (χ3v) is 2.98. The van der Waals surface area contributed by atoms with Gasteiger partial charge in [0.25, 0.3) is 5.91 Å². The van der Waals surface area contributed by atoms with Crippen molar-refractivity contribution in [3.05, 3.63) is 36.3 Å². The fraction of sp³-hybridized carbons (Fsp3) is 0.312. The normalized spacial score (nSPS) is 10.3. The molecule has 122 valence electrons. The van der Waals surface area contributed by atoms with Crippen LogP contribution < -0.4 is 20.1 Å². The van der Waals surface area contributed by atoms with Gasteiger partial charge < -0.3 is 20.1 Å². The Kier molecular flexibility index (Phi) is 5.35. The number of methoxy groups -OCH3 is 2. The van der Waals surface area contributed by atoms with E-state index >= 15 is 0 Å². The van der Waals surface area contributed by atoms with Crippen molar-refractivity contribution in [2.75, 3.05) is 24.9 Å². The van der Waals surface area contributed by atoms with Gasteiger partial charge in [-0.3, -0.25) is 4.79 Å². The highest BCUT2D eigenvalue weighted by Gasteiger charge is 2.11. The van der Waals surface area contributed by atoms with E-state index < -0.39 is 0 Å². The van der Waals surface area contributed by atoms with E-state index in [1.165, 1.54) is 13.4 Å². The van der Waals surface area contributed by atoms with E-state index in [-0.39, 0.29) is 17.6 Å². The molecular formula is C16H20N4O3. The maximum atomic E-state index is 12.3. The first-order chi connectivity index (χ1) is 11.0. The van der Waals surface area contributed by atoms with E-state index in [4.69, 9.17) is 9.47 Å². The number of carbonyl (C=O) groups is 1. The van der Waals surface area contributed by atoms with Crippen LogP contribution in [0.4, 0.5) is 11.5 Å². The lowest BCUT2D eigenvalue weighted by atomic mass is 10.2. The monoisotopic (exact) mass is 316 g/mol. The number of benzene rings is 1. The Morgan fingerprint density at radius 3 is 2.48 bits per heavy atom. The van der Waals surface area contributed by atoms with Gasteiger partial charge in [-0.2, -0.15) is 0 Å². The van der Waals surface area contributed by atoms with E-state index in [9.17, 15) is 4.79 Å². The molecule has 23 heavy (non-hydrogen) atoms. The second-order valence-electron chi connectivity index (χ2n) is 5.11. The lowest BCUT2D eigenvalue weighted by Gasteiger charge is -2.11. The molecule has 0 bridgehead atoms. The van der Waals surface area contributed by atoms with E-state index in [1.54, 1.807) is 31.4 Å². The summed E-state index contributed by atoms with van der Waals surface area (Å²) in [6.45, 7) is 3.98. The van der Waals surface area contributed by atoms with Crippen LogP contribution >= 0.6 is 0 Å². The van der Waals surface area contributed by atoms with E-state index in [0.29, 0.717) is 23.0 Å². The van der Waals surface area contributed by atoms with Crippen molar-refractivity contribution in [1.29, 1.82) is 0 Å². The number of nitrogens with zero attached hydrogens (tertiary/aromatic N) is 2. The average Bonchev–Trinajstić information content (AvgIpc) is 2.54. The van der Waals surface area contributed by atoms with Crippen LogP contribution in [0.15, 0.2) is 30.6 Å². The number of anilines is 2. The van der Waals surface area contributed by atoms with Crippen LogP contribution in [0.25, 0.3) is 0 Å². The summed E-state index contributed by atoms with van der Waals surface area (Å²) in [5.74, 6) is 1.41. The van der Waals surface area contributed by atoms with Crippen LogP contribution in [-0.2, 0) is 0 Å². The predicted octanol–water partition coefficient (Wildman–Crippen LogP) is 2.57. The van der Waals surface area contributed by atoms with E-state index in [1.807, 2.05) is 13.8 Å². The van der Waals surface area contributed by atoms with Gasteiger partial charge in [-0.05, 0) is 26.0 Å². The van der Waals surface area contributed by atoms with Crippen LogP contribution in [-0.4, -0.2) is 36.1 Å². The highest BCUT2D eigenvalue weighted by atomic mass is 16.5. The van der Waals surface area contributed by atoms with Crippen LogP contribution in [0.5, 0.6) is 11.5 Å². The molecule has 2 rings (SSSR count). The molecule has 0 atom stereocenters. The summed E-state index contributed by atoms with van der Waals surface area (Å²) in [7, 11) is 3.10. The van der Waals surface area contributed by atoms with Crippen LogP contribution in [0.2, 0.25) is 0 Å². The number of hydrogen-bond acceptors (Lipinski definition) is 6. The fourth-order valence-electron chi connectivity index (χ4n) is 1.97. The van der Waals surface area contributed by atoms with Crippen molar-refractivity contribution in [2.24, 2.45) is 0 Å². The third kappa shape index (κ3) is 4.32. The molecule has 1 aromatic heterocycles. The Morgan fingerprint density at radius 1 is 1.09 bits per heavy atom. The molecule has 0 fully saturated rings. The van der Waals surface area contributed by atoms with Gasteiger partial charge >= 0.3 is 0 Å². The molecule has 2 N–H and O–H groups in total. The highest BCUT2D eigenvalue weighted by Crippen LogP contribution is 2.29. The standard InChI is InChI=1S/C16H20N4O3/c1-10(2)19-15-8-12(17-9-18-15)16(21)20-11-5-6-13(22-3)14(7-11)23-4/h5-10H,1-4H3,(H,20,21)(H,17,18,19). The first kappa shape index (κ1) is 16.5. The summed E-state index contributed by atoms with van der Waals surface area (Å²) < 4.78 is 10.4. The lowest BCUT2D eigenvalue weighted by molar-refractivity contribution is 0.102. The number of ether oxygens (including phenoxy) is 2. The van der Waals surface area contributed by atoms with Gasteiger partial charge in [0.2, 0.25) is 0 Å². The topological polar surface area (TPSA) is 85.4 Å². The van der Waals surface area contributed by atoms with Crippen LogP contribution in [0.1, 0.15) is 24.3 Å². The molecule has 0 aliphatic rings. The Bertz CT molecular complexity index is 689. The molecule has 0 aliphatic carbocycles.